The average molecular weight is 476 g/mol. The molecule has 0 radical (unpaired) electrons. The van der Waals surface area contributed by atoms with Crippen LogP contribution < -0.4 is 10.9 Å². The first kappa shape index (κ1) is 21.8. The number of fused-ring (bicyclic) bond motifs is 3. The Balaban J connectivity index is 1.39. The Labute approximate surface area is 200 Å². The van der Waals surface area contributed by atoms with Crippen molar-refractivity contribution in [3.63, 3.8) is 0 Å². The molecule has 6 rings (SSSR count). The van der Waals surface area contributed by atoms with Gasteiger partial charge in [-0.1, -0.05) is 12.1 Å². The molecule has 0 bridgehead atoms. The number of hydrogen-bond acceptors (Lipinski definition) is 5. The largest absolute Gasteiger partial charge is 0.425 e. The Morgan fingerprint density at radius 3 is 2.54 bits per heavy atom. The number of likely N-dealkylation sites (tertiary alicyclic amines) is 1. The molecule has 35 heavy (non-hydrogen) atoms. The Hall–Kier alpha value is -3.72. The second-order valence-corrected chi connectivity index (χ2v) is 9.72. The molecular weight excluding hydrogens is 449 g/mol. The van der Waals surface area contributed by atoms with E-state index in [4.69, 9.17) is 0 Å². The van der Waals surface area contributed by atoms with E-state index in [9.17, 15) is 19.2 Å². The standard InChI is InChI=1S/C26H26FN5O3/c27-19-3-1-17(2-4-19)14-31-16-18(15-30-11-7-26(8-12-30)6-9-28-25(26)34)22-20-5-10-32(35)24(33)23(20)29-13-21(22)31/h1-5,10,13,16,35H,6-9,11-12,14-15H2,(H,28,34). The van der Waals surface area contributed by atoms with Crippen LogP contribution in [0, 0.1) is 11.2 Å². The van der Waals surface area contributed by atoms with Crippen LogP contribution in [0.4, 0.5) is 4.39 Å². The van der Waals surface area contributed by atoms with Crippen molar-refractivity contribution in [1.82, 2.24) is 24.5 Å². The minimum atomic E-state index is -0.561. The second-order valence-electron chi connectivity index (χ2n) is 9.72. The van der Waals surface area contributed by atoms with Crippen molar-refractivity contribution in [1.29, 1.82) is 0 Å². The zero-order valence-corrected chi connectivity index (χ0v) is 19.2. The van der Waals surface area contributed by atoms with Crippen molar-refractivity contribution >= 4 is 27.7 Å². The van der Waals surface area contributed by atoms with E-state index in [2.05, 4.69) is 26.0 Å². The summed E-state index contributed by atoms with van der Waals surface area (Å²) in [6.07, 6.45) is 7.66. The maximum Gasteiger partial charge on any atom is 0.309 e. The van der Waals surface area contributed by atoms with Crippen LogP contribution in [-0.2, 0) is 17.9 Å². The van der Waals surface area contributed by atoms with E-state index in [1.165, 1.54) is 18.3 Å². The van der Waals surface area contributed by atoms with Crippen LogP contribution in [0.25, 0.3) is 21.8 Å². The van der Waals surface area contributed by atoms with Gasteiger partial charge in [-0.15, -0.1) is 0 Å². The predicted molar refractivity (Wildman–Crippen MR) is 129 cm³/mol. The summed E-state index contributed by atoms with van der Waals surface area (Å²) in [6, 6.07) is 8.13. The molecule has 0 saturated carbocycles. The maximum atomic E-state index is 13.4. The number of halogens is 1. The van der Waals surface area contributed by atoms with E-state index in [0.29, 0.717) is 23.2 Å². The molecule has 2 fully saturated rings. The van der Waals surface area contributed by atoms with Crippen LogP contribution >= 0.6 is 0 Å². The van der Waals surface area contributed by atoms with Gasteiger partial charge in [-0.25, -0.2) is 9.37 Å². The molecule has 0 unspecified atom stereocenters. The summed E-state index contributed by atoms with van der Waals surface area (Å²) in [4.78, 5) is 31.6. The molecule has 3 aromatic heterocycles. The lowest BCUT2D eigenvalue weighted by molar-refractivity contribution is -0.130. The first-order chi connectivity index (χ1) is 16.9. The quantitative estimate of drug-likeness (QED) is 0.443. The summed E-state index contributed by atoms with van der Waals surface area (Å²) in [5.74, 6) is -0.0936. The van der Waals surface area contributed by atoms with Crippen molar-refractivity contribution in [3.05, 3.63) is 76.2 Å². The molecule has 9 heteroatoms. The van der Waals surface area contributed by atoms with Crippen LogP contribution in [0.1, 0.15) is 30.4 Å². The third-order valence-electron chi connectivity index (χ3n) is 7.68. The van der Waals surface area contributed by atoms with E-state index in [1.54, 1.807) is 24.4 Å². The number of amides is 1. The molecule has 5 heterocycles. The molecule has 2 aliphatic rings. The number of carbonyl (C=O) groups excluding carboxylic acids is 1. The van der Waals surface area contributed by atoms with Crippen molar-refractivity contribution in [3.8, 4) is 0 Å². The molecule has 1 spiro atoms. The van der Waals surface area contributed by atoms with E-state index < -0.39 is 5.56 Å². The van der Waals surface area contributed by atoms with Gasteiger partial charge in [0.2, 0.25) is 5.91 Å². The van der Waals surface area contributed by atoms with Gasteiger partial charge in [0.05, 0.1) is 17.1 Å². The van der Waals surface area contributed by atoms with Gasteiger partial charge in [0.1, 0.15) is 11.3 Å². The fourth-order valence-electron chi connectivity index (χ4n) is 5.66. The first-order valence-corrected chi connectivity index (χ1v) is 11.9. The van der Waals surface area contributed by atoms with Crippen molar-refractivity contribution < 1.29 is 14.4 Å². The van der Waals surface area contributed by atoms with E-state index >= 15 is 0 Å². The van der Waals surface area contributed by atoms with Gasteiger partial charge in [-0.2, -0.15) is 4.73 Å². The molecule has 2 aliphatic heterocycles. The summed E-state index contributed by atoms with van der Waals surface area (Å²) in [5, 5.41) is 14.5. The van der Waals surface area contributed by atoms with E-state index in [-0.39, 0.29) is 22.7 Å². The number of nitrogens with zero attached hydrogens (tertiary/aromatic N) is 4. The highest BCUT2D eigenvalue weighted by Gasteiger charge is 2.44. The monoisotopic (exact) mass is 475 g/mol. The summed E-state index contributed by atoms with van der Waals surface area (Å²) in [5.41, 5.74) is 2.30. The smallest absolute Gasteiger partial charge is 0.309 e. The highest BCUT2D eigenvalue weighted by molar-refractivity contribution is 6.06. The van der Waals surface area contributed by atoms with Crippen molar-refractivity contribution in [2.75, 3.05) is 19.6 Å². The van der Waals surface area contributed by atoms with Gasteiger partial charge < -0.3 is 15.1 Å². The summed E-state index contributed by atoms with van der Waals surface area (Å²) >= 11 is 0. The van der Waals surface area contributed by atoms with Crippen molar-refractivity contribution in [2.45, 2.75) is 32.4 Å². The van der Waals surface area contributed by atoms with Gasteiger partial charge in [-0.3, -0.25) is 14.5 Å². The molecule has 2 N–H and O–H groups in total. The second kappa shape index (κ2) is 8.20. The highest BCUT2D eigenvalue weighted by Crippen LogP contribution is 2.39. The Morgan fingerprint density at radius 2 is 1.83 bits per heavy atom. The molecule has 1 amide bonds. The molecule has 0 aliphatic carbocycles. The van der Waals surface area contributed by atoms with Crippen LogP contribution in [0.3, 0.4) is 0 Å². The van der Waals surface area contributed by atoms with Gasteiger partial charge in [0.25, 0.3) is 0 Å². The lowest BCUT2D eigenvalue weighted by Crippen LogP contribution is -2.43. The topological polar surface area (TPSA) is 92.4 Å². The fraction of sp³-hybridized carbons (Fsp3) is 0.346. The van der Waals surface area contributed by atoms with Crippen LogP contribution in [-0.4, -0.2) is 49.9 Å². The molecule has 1 aromatic carbocycles. The minimum absolute atomic E-state index is 0.186. The van der Waals surface area contributed by atoms with E-state index in [0.717, 1.165) is 60.9 Å². The van der Waals surface area contributed by atoms with Gasteiger partial charge in [0, 0.05) is 42.8 Å². The molecule has 0 atom stereocenters. The molecular formula is C26H26FN5O3. The predicted octanol–water partition coefficient (Wildman–Crippen LogP) is 2.88. The Morgan fingerprint density at radius 1 is 1.06 bits per heavy atom. The van der Waals surface area contributed by atoms with Gasteiger partial charge in [-0.05, 0) is 61.7 Å². The zero-order chi connectivity index (χ0) is 24.2. The molecule has 180 valence electrons. The van der Waals surface area contributed by atoms with Gasteiger partial charge >= 0.3 is 5.56 Å². The third kappa shape index (κ3) is 3.67. The number of rotatable bonds is 4. The fourth-order valence-corrected chi connectivity index (χ4v) is 5.66. The Kier molecular flexibility index (Phi) is 5.10. The number of nitrogens with one attached hydrogen (secondary N) is 1. The number of carbonyl (C=O) groups is 1. The average Bonchev–Trinajstić information content (AvgIpc) is 3.39. The normalized spacial score (nSPS) is 18.0. The summed E-state index contributed by atoms with van der Waals surface area (Å²) in [6.45, 7) is 3.61. The lowest BCUT2D eigenvalue weighted by Gasteiger charge is -2.37. The summed E-state index contributed by atoms with van der Waals surface area (Å²) < 4.78 is 16.0. The first-order valence-electron chi connectivity index (χ1n) is 11.9. The van der Waals surface area contributed by atoms with Crippen LogP contribution in [0.5, 0.6) is 0 Å². The van der Waals surface area contributed by atoms with Crippen LogP contribution in [0.2, 0.25) is 0 Å². The van der Waals surface area contributed by atoms with Crippen LogP contribution in [0.15, 0.2) is 53.7 Å². The zero-order valence-electron chi connectivity index (χ0n) is 19.2. The number of pyridine rings is 2. The number of aromatic nitrogens is 3. The van der Waals surface area contributed by atoms with Gasteiger partial charge in [0.15, 0.2) is 0 Å². The van der Waals surface area contributed by atoms with E-state index in [1.807, 2.05) is 0 Å². The number of hydrogen-bond donors (Lipinski definition) is 2. The number of benzene rings is 1. The molecule has 4 aromatic rings. The number of piperidine rings is 1. The Bertz CT molecular complexity index is 1500. The lowest BCUT2D eigenvalue weighted by atomic mass is 9.77. The molecule has 2 saturated heterocycles. The SMILES string of the molecule is O=C1NCCC12CCN(Cc1cn(Cc3ccc(F)cc3)c3cnc4c(=O)n(O)ccc4c13)CC2. The van der Waals surface area contributed by atoms with Crippen molar-refractivity contribution in [2.24, 2.45) is 5.41 Å². The highest BCUT2D eigenvalue weighted by atomic mass is 19.1. The summed E-state index contributed by atoms with van der Waals surface area (Å²) in [7, 11) is 0. The third-order valence-corrected chi connectivity index (χ3v) is 7.68. The maximum absolute atomic E-state index is 13.4. The molecule has 8 nitrogen and oxygen atoms in total. The minimum Gasteiger partial charge on any atom is -0.425 e.